The maximum atomic E-state index is 14.3. The van der Waals surface area contributed by atoms with Gasteiger partial charge in [-0.15, -0.1) is 0 Å². The molecular weight excluding hydrogens is 462 g/mol. The Hall–Kier alpha value is -2.18. The largest absolute Gasteiger partial charge is 0.380 e. The van der Waals surface area contributed by atoms with Crippen LogP contribution in [0.5, 0.6) is 0 Å². The third kappa shape index (κ3) is 3.75. The molecular formula is C15H12FIN4O3S. The Balaban J connectivity index is 2.18. The fourth-order valence-corrected chi connectivity index (χ4v) is 3.21. The first-order chi connectivity index (χ1) is 11.8. The van der Waals surface area contributed by atoms with Crippen molar-refractivity contribution in [3.63, 3.8) is 0 Å². The van der Waals surface area contributed by atoms with E-state index in [9.17, 15) is 12.8 Å². The minimum Gasteiger partial charge on any atom is -0.380 e. The van der Waals surface area contributed by atoms with Crippen LogP contribution in [0, 0.1) is 9.39 Å². The Morgan fingerprint density at radius 3 is 2.40 bits per heavy atom. The Labute approximate surface area is 156 Å². The van der Waals surface area contributed by atoms with Crippen LogP contribution in [0.15, 0.2) is 52.1 Å². The van der Waals surface area contributed by atoms with Crippen LogP contribution in [-0.2, 0) is 10.0 Å². The minimum absolute atomic E-state index is 0.0395. The topological polar surface area (TPSA) is 124 Å². The van der Waals surface area contributed by atoms with E-state index in [0.29, 0.717) is 22.5 Å². The van der Waals surface area contributed by atoms with Gasteiger partial charge < -0.3 is 15.6 Å². The summed E-state index contributed by atoms with van der Waals surface area (Å²) in [6.45, 7) is 0. The molecule has 3 aromatic rings. The molecule has 130 valence electrons. The monoisotopic (exact) mass is 474 g/mol. The number of hydrogen-bond acceptors (Lipinski definition) is 6. The van der Waals surface area contributed by atoms with Crippen molar-refractivity contribution >= 4 is 49.8 Å². The van der Waals surface area contributed by atoms with Gasteiger partial charge in [0.25, 0.3) is 0 Å². The summed E-state index contributed by atoms with van der Waals surface area (Å²) in [5, 5.41) is 11.7. The predicted octanol–water partition coefficient (Wildman–Crippen LogP) is 3.06. The molecule has 0 aliphatic heterocycles. The van der Waals surface area contributed by atoms with Crippen molar-refractivity contribution in [2.24, 2.45) is 5.14 Å². The van der Waals surface area contributed by atoms with Gasteiger partial charge in [0.05, 0.1) is 5.56 Å². The van der Waals surface area contributed by atoms with Crippen molar-refractivity contribution in [2.75, 3.05) is 11.1 Å². The summed E-state index contributed by atoms with van der Waals surface area (Å²) in [6.07, 6.45) is 1.24. The van der Waals surface area contributed by atoms with Crippen molar-refractivity contribution in [2.45, 2.75) is 4.90 Å². The molecule has 0 saturated carbocycles. The average Bonchev–Trinajstić information content (AvgIpc) is 2.94. The lowest BCUT2D eigenvalue weighted by molar-refractivity contribution is 0.423. The summed E-state index contributed by atoms with van der Waals surface area (Å²) < 4.78 is 43.3. The van der Waals surface area contributed by atoms with E-state index in [1.165, 1.54) is 6.26 Å². The van der Waals surface area contributed by atoms with Gasteiger partial charge in [-0.1, -0.05) is 5.16 Å². The van der Waals surface area contributed by atoms with E-state index < -0.39 is 20.7 Å². The lowest BCUT2D eigenvalue weighted by atomic mass is 10.1. The molecule has 0 spiro atoms. The second kappa shape index (κ2) is 6.61. The molecule has 0 amide bonds. The van der Waals surface area contributed by atoms with Gasteiger partial charge in [-0.2, -0.15) is 0 Å². The lowest BCUT2D eigenvalue weighted by Gasteiger charge is -2.14. The summed E-state index contributed by atoms with van der Waals surface area (Å²) in [5.74, 6) is -0.938. The zero-order chi connectivity index (χ0) is 18.2. The first-order valence-corrected chi connectivity index (χ1v) is 9.47. The molecule has 3 rings (SSSR count). The van der Waals surface area contributed by atoms with Crippen LogP contribution in [0.2, 0.25) is 0 Å². The normalized spacial score (nSPS) is 11.5. The molecule has 0 bridgehead atoms. The second-order valence-corrected chi connectivity index (χ2v) is 7.89. The zero-order valence-electron chi connectivity index (χ0n) is 12.5. The van der Waals surface area contributed by atoms with Crippen molar-refractivity contribution in [3.8, 4) is 11.1 Å². The number of benzene rings is 2. The Morgan fingerprint density at radius 1 is 1.16 bits per heavy atom. The fourth-order valence-electron chi connectivity index (χ4n) is 2.23. The van der Waals surface area contributed by atoms with Gasteiger partial charge in [0.2, 0.25) is 10.0 Å². The van der Waals surface area contributed by atoms with Crippen LogP contribution >= 0.6 is 22.6 Å². The molecule has 0 radical (unpaired) electrons. The summed E-state index contributed by atoms with van der Waals surface area (Å²) in [5.41, 5.74) is 7.33. The number of aromatic nitrogens is 1. The molecule has 0 atom stereocenters. The number of primary sulfonamides is 1. The summed E-state index contributed by atoms with van der Waals surface area (Å²) in [7, 11) is -4.25. The number of halogens is 2. The van der Waals surface area contributed by atoms with Crippen LogP contribution in [0.25, 0.3) is 11.1 Å². The fraction of sp³-hybridized carbons (Fsp3) is 0. The molecule has 0 saturated heterocycles. The Bertz CT molecular complexity index is 1040. The van der Waals surface area contributed by atoms with Gasteiger partial charge in [0, 0.05) is 20.5 Å². The lowest BCUT2D eigenvalue weighted by Crippen LogP contribution is -2.14. The van der Waals surface area contributed by atoms with E-state index in [2.05, 4.69) is 33.1 Å². The number of rotatable bonds is 4. The van der Waals surface area contributed by atoms with E-state index in [1.807, 2.05) is 12.1 Å². The number of anilines is 3. The molecule has 1 heterocycles. The highest BCUT2D eigenvalue weighted by Gasteiger charge is 2.21. The smallest absolute Gasteiger partial charge is 0.240 e. The van der Waals surface area contributed by atoms with Gasteiger partial charge in [-0.05, 0) is 59.0 Å². The first-order valence-electron chi connectivity index (χ1n) is 6.85. The van der Waals surface area contributed by atoms with Gasteiger partial charge in [0.15, 0.2) is 5.82 Å². The third-order valence-corrected chi connectivity index (χ3v) is 5.03. The average molecular weight is 474 g/mol. The van der Waals surface area contributed by atoms with Gasteiger partial charge in [0.1, 0.15) is 17.0 Å². The maximum Gasteiger partial charge on any atom is 0.240 e. The molecule has 0 aliphatic rings. The molecule has 10 heteroatoms. The van der Waals surface area contributed by atoms with Gasteiger partial charge >= 0.3 is 0 Å². The van der Waals surface area contributed by atoms with Crippen LogP contribution in [-0.4, -0.2) is 13.6 Å². The first kappa shape index (κ1) is 17.6. The molecule has 25 heavy (non-hydrogen) atoms. The van der Waals surface area contributed by atoms with Crippen LogP contribution in [0.4, 0.5) is 21.6 Å². The minimum atomic E-state index is -4.25. The van der Waals surface area contributed by atoms with E-state index in [1.54, 1.807) is 12.1 Å². The van der Waals surface area contributed by atoms with Crippen molar-refractivity contribution in [1.82, 2.24) is 5.16 Å². The molecule has 1 aromatic heterocycles. The predicted molar refractivity (Wildman–Crippen MR) is 100 cm³/mol. The number of sulfonamides is 1. The van der Waals surface area contributed by atoms with Gasteiger partial charge in [-0.3, -0.25) is 0 Å². The molecule has 0 fully saturated rings. The number of nitrogens with zero attached hydrogens (tertiary/aromatic N) is 1. The van der Waals surface area contributed by atoms with Crippen LogP contribution in [0.1, 0.15) is 0 Å². The van der Waals surface area contributed by atoms with Crippen LogP contribution in [0.3, 0.4) is 0 Å². The van der Waals surface area contributed by atoms with Gasteiger partial charge in [-0.25, -0.2) is 17.9 Å². The summed E-state index contributed by atoms with van der Waals surface area (Å²) >= 11 is 2.16. The highest BCUT2D eigenvalue weighted by atomic mass is 127. The Morgan fingerprint density at radius 2 is 1.84 bits per heavy atom. The number of nitrogen functional groups attached to an aromatic ring is 1. The maximum absolute atomic E-state index is 14.3. The highest BCUT2D eigenvalue weighted by Crippen LogP contribution is 2.36. The number of nitrogens with one attached hydrogen (secondary N) is 1. The quantitative estimate of drug-likeness (QED) is 0.500. The third-order valence-electron chi connectivity index (χ3n) is 3.39. The number of hydrogen-bond donors (Lipinski definition) is 3. The summed E-state index contributed by atoms with van der Waals surface area (Å²) in [4.78, 5) is -0.642. The van der Waals surface area contributed by atoms with E-state index in [-0.39, 0.29) is 5.82 Å². The second-order valence-electron chi connectivity index (χ2n) is 5.12. The highest BCUT2D eigenvalue weighted by molar-refractivity contribution is 14.1. The van der Waals surface area contributed by atoms with E-state index in [4.69, 9.17) is 15.4 Å². The SMILES string of the molecule is Nc1nocc1-c1cc(S(N)(=O)=O)c(F)cc1Nc1ccc(I)cc1. The molecule has 5 N–H and O–H groups in total. The molecule has 7 nitrogen and oxygen atoms in total. The molecule has 0 aliphatic carbocycles. The molecule has 2 aromatic carbocycles. The Kier molecular flexibility index (Phi) is 4.67. The zero-order valence-corrected chi connectivity index (χ0v) is 15.5. The van der Waals surface area contributed by atoms with Crippen molar-refractivity contribution in [3.05, 3.63) is 52.0 Å². The van der Waals surface area contributed by atoms with E-state index in [0.717, 1.165) is 15.7 Å². The standard InChI is InChI=1S/C15H12FIN4O3S/c16-12-6-13(20-9-3-1-8(17)2-4-9)10(5-14(12)25(19,22)23)11-7-24-21-15(11)18/h1-7,20H,(H2,18,21)(H2,19,22,23). The van der Waals surface area contributed by atoms with Crippen LogP contribution < -0.4 is 16.2 Å². The van der Waals surface area contributed by atoms with Crippen molar-refractivity contribution < 1.29 is 17.3 Å². The van der Waals surface area contributed by atoms with E-state index >= 15 is 0 Å². The summed E-state index contributed by atoms with van der Waals surface area (Å²) in [6, 6.07) is 9.47. The number of nitrogens with two attached hydrogens (primary N) is 2. The van der Waals surface area contributed by atoms with Crippen molar-refractivity contribution in [1.29, 1.82) is 0 Å². The molecule has 0 unspecified atom stereocenters.